The van der Waals surface area contributed by atoms with E-state index < -0.39 is 5.60 Å². The molecular weight excluding hydrogens is 327 g/mol. The Labute approximate surface area is 149 Å². The van der Waals surface area contributed by atoms with Crippen LogP contribution in [0, 0.1) is 0 Å². The van der Waals surface area contributed by atoms with E-state index in [0.29, 0.717) is 0 Å². The Bertz CT molecular complexity index is 513. The fraction of sp³-hybridized carbons (Fsp3) is 0.375. The molecule has 0 amide bonds. The van der Waals surface area contributed by atoms with Gasteiger partial charge in [0.05, 0.1) is 5.60 Å². The molecule has 1 nitrogen and oxygen atoms in total. The van der Waals surface area contributed by atoms with E-state index in [1.165, 1.54) is 22.3 Å². The Hall–Kier alpha value is -0.0457. The largest absolute Gasteiger partial charge is 2.00 e. The second kappa shape index (κ2) is 8.41. The molecule has 0 atom stereocenters. The predicted molar refractivity (Wildman–Crippen MR) is 72.7 cm³/mol. The van der Waals surface area contributed by atoms with Gasteiger partial charge in [0.15, 0.2) is 0 Å². The van der Waals surface area contributed by atoms with Gasteiger partial charge in [-0.3, -0.25) is 0 Å². The van der Waals surface area contributed by atoms with Crippen molar-refractivity contribution in [2.45, 2.75) is 39.7 Å². The second-order valence-electron chi connectivity index (χ2n) is 5.30. The number of allylic oxidation sites excluding steroid dienone is 4. The van der Waals surface area contributed by atoms with E-state index in [0.717, 1.165) is 12.0 Å². The molecule has 0 aromatic heterocycles. The number of hydrogen-bond acceptors (Lipinski definition) is 1. The first-order valence-corrected chi connectivity index (χ1v) is 6.10. The van der Waals surface area contributed by atoms with E-state index in [1.54, 1.807) is 0 Å². The summed E-state index contributed by atoms with van der Waals surface area (Å²) in [6.45, 7) is 8.00. The van der Waals surface area contributed by atoms with Gasteiger partial charge in [-0.1, -0.05) is 35.9 Å². The molecule has 2 rings (SSSR count). The second-order valence-corrected chi connectivity index (χ2v) is 5.30. The topological polar surface area (TPSA) is 20.2 Å². The summed E-state index contributed by atoms with van der Waals surface area (Å²) in [6.07, 6.45) is 3.23. The van der Waals surface area contributed by atoms with Gasteiger partial charge in [-0.05, 0) is 56.4 Å². The van der Waals surface area contributed by atoms with Crippen molar-refractivity contribution in [2.75, 3.05) is 0 Å². The standard InChI is InChI=1S/C16H20O.2ClH.Ti/c1-11-9-10-13(12(11)2)14-7-5-6-8-15(14)16(3,4)17;;;/h5-9,17H,10H2,1-4H3;2*1H;/q;;;+2/p-2. The van der Waals surface area contributed by atoms with Gasteiger partial charge in [0.25, 0.3) is 0 Å². The minimum atomic E-state index is -0.791. The van der Waals surface area contributed by atoms with Gasteiger partial charge in [-0.25, -0.2) is 0 Å². The summed E-state index contributed by atoms with van der Waals surface area (Å²) in [5, 5.41) is 10.2. The SMILES string of the molecule is CC1=CCC(c2ccccc2C(C)(C)O)=C1C.[Cl-].[Cl-].[Ti+2]. The maximum absolute atomic E-state index is 10.2. The monoisotopic (exact) mass is 346 g/mol. The van der Waals surface area contributed by atoms with Crippen LogP contribution in [0.5, 0.6) is 0 Å². The Morgan fingerprint density at radius 2 is 1.60 bits per heavy atom. The molecule has 4 heteroatoms. The molecule has 0 fully saturated rings. The molecule has 108 valence electrons. The summed E-state index contributed by atoms with van der Waals surface area (Å²) in [6, 6.07) is 8.16. The van der Waals surface area contributed by atoms with Crippen molar-refractivity contribution in [2.24, 2.45) is 0 Å². The fourth-order valence-electron chi connectivity index (χ4n) is 2.39. The van der Waals surface area contributed by atoms with Gasteiger partial charge in [0, 0.05) is 0 Å². The molecule has 1 aliphatic rings. The molecule has 0 heterocycles. The van der Waals surface area contributed by atoms with Crippen LogP contribution in [0.3, 0.4) is 0 Å². The third kappa shape index (κ3) is 4.48. The molecular formula is C16H20Cl2OTi. The van der Waals surface area contributed by atoms with Crippen molar-refractivity contribution in [1.82, 2.24) is 0 Å². The van der Waals surface area contributed by atoms with E-state index in [2.05, 4.69) is 26.0 Å². The molecule has 1 N–H and O–H groups in total. The predicted octanol–water partition coefficient (Wildman–Crippen LogP) is -1.96. The maximum atomic E-state index is 10.2. The average molecular weight is 347 g/mol. The number of hydrogen-bond donors (Lipinski definition) is 1. The zero-order valence-corrected chi connectivity index (χ0v) is 15.4. The third-order valence-electron chi connectivity index (χ3n) is 3.57. The van der Waals surface area contributed by atoms with Gasteiger partial charge >= 0.3 is 21.7 Å². The molecule has 1 aromatic carbocycles. The molecule has 0 radical (unpaired) electrons. The van der Waals surface area contributed by atoms with Gasteiger partial charge in [-0.2, -0.15) is 0 Å². The number of halogens is 2. The van der Waals surface area contributed by atoms with Crippen LogP contribution in [0.15, 0.2) is 41.5 Å². The first kappa shape index (κ1) is 22.2. The minimum Gasteiger partial charge on any atom is -1.00 e. The normalized spacial score (nSPS) is 13.9. The van der Waals surface area contributed by atoms with Crippen molar-refractivity contribution >= 4 is 5.57 Å². The molecule has 20 heavy (non-hydrogen) atoms. The van der Waals surface area contributed by atoms with Crippen LogP contribution < -0.4 is 24.8 Å². The molecule has 0 bridgehead atoms. The smallest absolute Gasteiger partial charge is 1.00 e. The van der Waals surface area contributed by atoms with Crippen molar-refractivity contribution in [3.8, 4) is 0 Å². The number of benzene rings is 1. The van der Waals surface area contributed by atoms with Crippen LogP contribution in [0.2, 0.25) is 0 Å². The molecule has 0 saturated heterocycles. The molecule has 1 aromatic rings. The summed E-state index contributed by atoms with van der Waals surface area (Å²) in [5.41, 5.74) is 5.45. The van der Waals surface area contributed by atoms with Crippen LogP contribution in [0.1, 0.15) is 45.2 Å². The molecule has 0 saturated carbocycles. The Balaban J connectivity index is 0. The average Bonchev–Trinajstić information content (AvgIpc) is 2.59. The first-order valence-electron chi connectivity index (χ1n) is 6.10. The molecule has 1 aliphatic carbocycles. The first-order chi connectivity index (χ1) is 7.91. The van der Waals surface area contributed by atoms with E-state index in [4.69, 9.17) is 0 Å². The fourth-order valence-corrected chi connectivity index (χ4v) is 2.39. The van der Waals surface area contributed by atoms with Crippen LogP contribution in [0.25, 0.3) is 5.57 Å². The minimum absolute atomic E-state index is 0. The van der Waals surface area contributed by atoms with Gasteiger partial charge < -0.3 is 29.9 Å². The molecule has 0 aliphatic heterocycles. The Kier molecular flexibility index (Phi) is 9.35. The van der Waals surface area contributed by atoms with Crippen molar-refractivity contribution in [1.29, 1.82) is 0 Å². The maximum Gasteiger partial charge on any atom is 2.00 e. The molecule has 0 spiro atoms. The molecule has 0 unspecified atom stereocenters. The van der Waals surface area contributed by atoms with Crippen LogP contribution in [-0.2, 0) is 27.3 Å². The van der Waals surface area contributed by atoms with E-state index in [1.807, 2.05) is 32.0 Å². The van der Waals surface area contributed by atoms with E-state index in [-0.39, 0.29) is 46.5 Å². The third-order valence-corrected chi connectivity index (χ3v) is 3.57. The van der Waals surface area contributed by atoms with Gasteiger partial charge in [0.1, 0.15) is 0 Å². The van der Waals surface area contributed by atoms with Crippen molar-refractivity contribution < 1.29 is 51.6 Å². The van der Waals surface area contributed by atoms with E-state index in [9.17, 15) is 5.11 Å². The van der Waals surface area contributed by atoms with Crippen LogP contribution in [-0.4, -0.2) is 5.11 Å². The summed E-state index contributed by atoms with van der Waals surface area (Å²) >= 11 is 0. The van der Waals surface area contributed by atoms with Crippen molar-refractivity contribution in [3.05, 3.63) is 52.6 Å². The Morgan fingerprint density at radius 3 is 2.05 bits per heavy atom. The van der Waals surface area contributed by atoms with E-state index >= 15 is 0 Å². The Morgan fingerprint density at radius 1 is 1.05 bits per heavy atom. The van der Waals surface area contributed by atoms with Crippen molar-refractivity contribution in [3.63, 3.8) is 0 Å². The quantitative estimate of drug-likeness (QED) is 0.617. The van der Waals surface area contributed by atoms with Gasteiger partial charge in [-0.15, -0.1) is 0 Å². The summed E-state index contributed by atoms with van der Waals surface area (Å²) in [7, 11) is 0. The number of rotatable bonds is 2. The number of aliphatic hydroxyl groups is 1. The zero-order chi connectivity index (χ0) is 12.6. The van der Waals surface area contributed by atoms with Crippen LogP contribution in [0.4, 0.5) is 0 Å². The summed E-state index contributed by atoms with van der Waals surface area (Å²) in [5.74, 6) is 0. The van der Waals surface area contributed by atoms with Gasteiger partial charge in [0.2, 0.25) is 0 Å². The summed E-state index contributed by atoms with van der Waals surface area (Å²) < 4.78 is 0. The van der Waals surface area contributed by atoms with Crippen LogP contribution >= 0.6 is 0 Å². The zero-order valence-electron chi connectivity index (χ0n) is 12.3. The summed E-state index contributed by atoms with van der Waals surface area (Å²) in [4.78, 5) is 0.